The molecule has 0 fully saturated rings. The van der Waals surface area contributed by atoms with Crippen LogP contribution in [-0.2, 0) is 26.3 Å². The SMILES string of the molecule is COC(=O)CCN(C)S(=O)(=O)NCc1ccncn1. The second-order valence-corrected chi connectivity index (χ2v) is 5.54. The molecule has 1 N–H and O–H groups in total. The Balaban J connectivity index is 2.49. The summed E-state index contributed by atoms with van der Waals surface area (Å²) >= 11 is 0. The van der Waals surface area contributed by atoms with Gasteiger partial charge in [0.05, 0.1) is 25.8 Å². The third kappa shape index (κ3) is 5.28. The van der Waals surface area contributed by atoms with Crippen LogP contribution in [0.4, 0.5) is 0 Å². The van der Waals surface area contributed by atoms with E-state index >= 15 is 0 Å². The molecule has 0 saturated carbocycles. The predicted molar refractivity (Wildman–Crippen MR) is 67.1 cm³/mol. The van der Waals surface area contributed by atoms with Gasteiger partial charge in [0.25, 0.3) is 10.2 Å². The third-order valence-corrected chi connectivity index (χ3v) is 3.86. The van der Waals surface area contributed by atoms with Crippen molar-refractivity contribution in [2.24, 2.45) is 0 Å². The molecular weight excluding hydrogens is 272 g/mol. The smallest absolute Gasteiger partial charge is 0.306 e. The Morgan fingerprint density at radius 2 is 2.26 bits per heavy atom. The maximum absolute atomic E-state index is 11.8. The first kappa shape index (κ1) is 15.5. The molecule has 1 aromatic heterocycles. The summed E-state index contributed by atoms with van der Waals surface area (Å²) in [5, 5.41) is 0. The Morgan fingerprint density at radius 3 is 2.84 bits per heavy atom. The summed E-state index contributed by atoms with van der Waals surface area (Å²) in [5.74, 6) is -0.460. The normalized spacial score (nSPS) is 11.5. The zero-order valence-corrected chi connectivity index (χ0v) is 11.6. The van der Waals surface area contributed by atoms with Gasteiger partial charge in [-0.3, -0.25) is 4.79 Å². The van der Waals surface area contributed by atoms with E-state index in [4.69, 9.17) is 0 Å². The summed E-state index contributed by atoms with van der Waals surface area (Å²) in [5.41, 5.74) is 0.556. The van der Waals surface area contributed by atoms with Gasteiger partial charge in [-0.05, 0) is 6.07 Å². The molecule has 0 atom stereocenters. The molecule has 0 aliphatic heterocycles. The lowest BCUT2D eigenvalue weighted by Crippen LogP contribution is -2.39. The van der Waals surface area contributed by atoms with Crippen LogP contribution in [0.1, 0.15) is 12.1 Å². The third-order valence-electron chi connectivity index (χ3n) is 2.35. The van der Waals surface area contributed by atoms with Crippen LogP contribution in [0.15, 0.2) is 18.6 Å². The molecule has 0 bridgehead atoms. The van der Waals surface area contributed by atoms with Gasteiger partial charge in [0.2, 0.25) is 0 Å². The van der Waals surface area contributed by atoms with Crippen LogP contribution < -0.4 is 4.72 Å². The van der Waals surface area contributed by atoms with Crippen LogP contribution in [0.25, 0.3) is 0 Å². The molecule has 0 aliphatic rings. The van der Waals surface area contributed by atoms with Crippen LogP contribution >= 0.6 is 0 Å². The lowest BCUT2D eigenvalue weighted by atomic mass is 10.4. The highest BCUT2D eigenvalue weighted by atomic mass is 32.2. The number of ether oxygens (including phenoxy) is 1. The molecule has 0 spiro atoms. The van der Waals surface area contributed by atoms with E-state index in [1.54, 1.807) is 6.07 Å². The summed E-state index contributed by atoms with van der Waals surface area (Å²) in [6.07, 6.45) is 2.86. The van der Waals surface area contributed by atoms with Crippen molar-refractivity contribution in [2.45, 2.75) is 13.0 Å². The van der Waals surface area contributed by atoms with E-state index in [-0.39, 0.29) is 19.5 Å². The molecule has 8 nitrogen and oxygen atoms in total. The molecule has 1 rings (SSSR count). The molecule has 19 heavy (non-hydrogen) atoms. The van der Waals surface area contributed by atoms with Crippen LogP contribution in [-0.4, -0.2) is 49.4 Å². The number of aromatic nitrogens is 2. The highest BCUT2D eigenvalue weighted by Gasteiger charge is 2.18. The number of rotatable bonds is 7. The largest absolute Gasteiger partial charge is 0.469 e. The molecule has 9 heteroatoms. The van der Waals surface area contributed by atoms with Crippen molar-refractivity contribution in [1.82, 2.24) is 19.0 Å². The molecule has 1 aromatic rings. The zero-order chi connectivity index (χ0) is 14.3. The average Bonchev–Trinajstić information content (AvgIpc) is 2.43. The van der Waals surface area contributed by atoms with Crippen molar-refractivity contribution in [1.29, 1.82) is 0 Å². The lowest BCUT2D eigenvalue weighted by Gasteiger charge is -2.16. The summed E-state index contributed by atoms with van der Waals surface area (Å²) in [4.78, 5) is 18.6. The molecule has 106 valence electrons. The van der Waals surface area contributed by atoms with E-state index in [9.17, 15) is 13.2 Å². The number of carbonyl (C=O) groups excluding carboxylic acids is 1. The number of hydrogen-bond donors (Lipinski definition) is 1. The minimum Gasteiger partial charge on any atom is -0.469 e. The molecule has 1 heterocycles. The number of esters is 1. The molecule has 0 aliphatic carbocycles. The van der Waals surface area contributed by atoms with Gasteiger partial charge in [-0.1, -0.05) is 0 Å². The Morgan fingerprint density at radius 1 is 1.53 bits per heavy atom. The number of hydrogen-bond acceptors (Lipinski definition) is 6. The van der Waals surface area contributed by atoms with Crippen LogP contribution in [0, 0.1) is 0 Å². The molecule has 0 aromatic carbocycles. The highest BCUT2D eigenvalue weighted by Crippen LogP contribution is 1.99. The molecular formula is C10H16N4O4S. The van der Waals surface area contributed by atoms with Gasteiger partial charge in [-0.25, -0.2) is 9.97 Å². The number of methoxy groups -OCH3 is 1. The minimum absolute atomic E-state index is 0.00141. The topological polar surface area (TPSA) is 101 Å². The van der Waals surface area contributed by atoms with Crippen molar-refractivity contribution >= 4 is 16.2 Å². The maximum atomic E-state index is 11.8. The Bertz CT molecular complexity index is 506. The predicted octanol–water partition coefficient (Wildman–Crippen LogP) is -0.694. The van der Waals surface area contributed by atoms with Crippen molar-refractivity contribution in [2.75, 3.05) is 20.7 Å². The van der Waals surface area contributed by atoms with Crippen LogP contribution in [0.5, 0.6) is 0 Å². The Kier molecular flexibility index (Phi) is 5.80. The second kappa shape index (κ2) is 7.12. The van der Waals surface area contributed by atoms with Gasteiger partial charge in [0.15, 0.2) is 0 Å². The van der Waals surface area contributed by atoms with Gasteiger partial charge in [0.1, 0.15) is 6.33 Å². The first-order valence-corrected chi connectivity index (χ1v) is 6.92. The van der Waals surface area contributed by atoms with E-state index in [1.807, 2.05) is 0 Å². The first-order valence-electron chi connectivity index (χ1n) is 5.48. The van der Waals surface area contributed by atoms with E-state index in [0.29, 0.717) is 5.69 Å². The summed E-state index contributed by atoms with van der Waals surface area (Å²) in [7, 11) is -1.01. The molecule has 0 amide bonds. The van der Waals surface area contributed by atoms with E-state index in [2.05, 4.69) is 19.4 Å². The molecule has 0 radical (unpaired) electrons. The maximum Gasteiger partial charge on any atom is 0.306 e. The average molecular weight is 288 g/mol. The van der Waals surface area contributed by atoms with E-state index in [1.165, 1.54) is 26.7 Å². The van der Waals surface area contributed by atoms with E-state index in [0.717, 1.165) is 4.31 Å². The summed E-state index contributed by atoms with van der Waals surface area (Å²) < 4.78 is 31.5. The summed E-state index contributed by atoms with van der Waals surface area (Å²) in [6, 6.07) is 1.61. The number of carbonyl (C=O) groups is 1. The fraction of sp³-hybridized carbons (Fsp3) is 0.500. The number of nitrogens with one attached hydrogen (secondary N) is 1. The fourth-order valence-electron chi connectivity index (χ4n) is 1.17. The minimum atomic E-state index is -3.65. The van der Waals surface area contributed by atoms with E-state index < -0.39 is 16.2 Å². The second-order valence-electron chi connectivity index (χ2n) is 3.67. The van der Waals surface area contributed by atoms with Gasteiger partial charge < -0.3 is 4.74 Å². The van der Waals surface area contributed by atoms with Crippen molar-refractivity contribution < 1.29 is 17.9 Å². The summed E-state index contributed by atoms with van der Waals surface area (Å²) in [6.45, 7) is 0.110. The lowest BCUT2D eigenvalue weighted by molar-refractivity contribution is -0.140. The molecule has 0 unspecified atom stereocenters. The van der Waals surface area contributed by atoms with Crippen molar-refractivity contribution in [3.8, 4) is 0 Å². The highest BCUT2D eigenvalue weighted by molar-refractivity contribution is 7.87. The van der Waals surface area contributed by atoms with Gasteiger partial charge >= 0.3 is 5.97 Å². The van der Waals surface area contributed by atoms with Gasteiger partial charge in [-0.2, -0.15) is 17.4 Å². The van der Waals surface area contributed by atoms with Crippen molar-refractivity contribution in [3.05, 3.63) is 24.3 Å². The van der Waals surface area contributed by atoms with Crippen molar-refractivity contribution in [3.63, 3.8) is 0 Å². The molecule has 0 saturated heterocycles. The monoisotopic (exact) mass is 288 g/mol. The first-order chi connectivity index (χ1) is 8.95. The van der Waals surface area contributed by atoms with Crippen LogP contribution in [0.2, 0.25) is 0 Å². The quantitative estimate of drug-likeness (QED) is 0.666. The Hall–Kier alpha value is -1.58. The zero-order valence-electron chi connectivity index (χ0n) is 10.7. The number of nitrogens with zero attached hydrogens (tertiary/aromatic N) is 3. The Labute approximate surface area is 112 Å². The standard InChI is InChI=1S/C10H16N4O4S/c1-14(6-4-10(15)18-2)19(16,17)13-7-9-3-5-11-8-12-9/h3,5,8,13H,4,6-7H2,1-2H3. The fourth-order valence-corrected chi connectivity index (χ4v) is 2.05. The van der Waals surface area contributed by atoms with Gasteiger partial charge in [-0.15, -0.1) is 0 Å². The van der Waals surface area contributed by atoms with Gasteiger partial charge in [0, 0.05) is 19.8 Å². The van der Waals surface area contributed by atoms with Crippen LogP contribution in [0.3, 0.4) is 0 Å².